The number of pyridine rings is 1. The molecule has 2 aliphatic rings. The molecule has 0 radical (unpaired) electrons. The summed E-state index contributed by atoms with van der Waals surface area (Å²) in [6.07, 6.45) is 4.03. The van der Waals surface area contributed by atoms with Crippen molar-refractivity contribution >= 4 is 16.7 Å². The van der Waals surface area contributed by atoms with Crippen molar-refractivity contribution in [3.63, 3.8) is 0 Å². The number of methoxy groups -OCH3 is 1. The van der Waals surface area contributed by atoms with E-state index in [4.69, 9.17) is 28.4 Å². The van der Waals surface area contributed by atoms with E-state index in [1.54, 1.807) is 14.0 Å². The highest BCUT2D eigenvalue weighted by atomic mass is 16.7. The van der Waals surface area contributed by atoms with Crippen molar-refractivity contribution < 1.29 is 37.8 Å². The number of fused-ring (bicyclic) bond motifs is 5. The van der Waals surface area contributed by atoms with Crippen LogP contribution in [0.4, 0.5) is 0 Å². The van der Waals surface area contributed by atoms with Gasteiger partial charge in [0.25, 0.3) is 0 Å². The fourth-order valence-electron chi connectivity index (χ4n) is 5.21. The van der Waals surface area contributed by atoms with Crippen molar-refractivity contribution in [1.29, 1.82) is 0 Å². The van der Waals surface area contributed by atoms with E-state index in [0.29, 0.717) is 32.0 Å². The lowest BCUT2D eigenvalue weighted by Gasteiger charge is -2.18. The van der Waals surface area contributed by atoms with Gasteiger partial charge in [0, 0.05) is 18.9 Å². The first kappa shape index (κ1) is 25.8. The molecule has 0 N–H and O–H groups in total. The molecule has 4 aromatic rings. The average Bonchev–Trinajstić information content (AvgIpc) is 3.43. The molecule has 2 aliphatic heterocycles. The summed E-state index contributed by atoms with van der Waals surface area (Å²) in [5, 5.41) is 2.08. The number of carbonyl (C=O) groups excluding carboxylic acids is 1. The Morgan fingerprint density at radius 2 is 1.77 bits per heavy atom. The van der Waals surface area contributed by atoms with E-state index in [2.05, 4.69) is 35.0 Å². The van der Waals surface area contributed by atoms with Gasteiger partial charge >= 0.3 is 5.97 Å². The molecule has 40 heavy (non-hydrogen) atoms. The maximum atomic E-state index is 11.7. The Kier molecular flexibility index (Phi) is 7.31. The molecule has 0 saturated heterocycles. The third-order valence-corrected chi connectivity index (χ3v) is 7.18. The molecule has 0 amide bonds. The van der Waals surface area contributed by atoms with Gasteiger partial charge in [0.1, 0.15) is 5.75 Å². The van der Waals surface area contributed by atoms with Crippen molar-refractivity contribution in [3.05, 3.63) is 71.9 Å². The first-order valence-electron chi connectivity index (χ1n) is 13.6. The van der Waals surface area contributed by atoms with Crippen LogP contribution < -0.4 is 28.3 Å². The van der Waals surface area contributed by atoms with Gasteiger partial charge in [-0.2, -0.15) is 4.57 Å². The molecule has 3 aromatic carbocycles. The molecule has 0 unspecified atom stereocenters. The van der Waals surface area contributed by atoms with Crippen LogP contribution in [0, 0.1) is 0 Å². The SMILES string of the molecule is CCOC(=O)Cc1ccc(OCCCOc2c(OC)ccc3cc4[n+](cc23)CCc2cc3c(cc2-4)OCO3)cc1. The number of esters is 1. The first-order valence-corrected chi connectivity index (χ1v) is 13.6. The quantitative estimate of drug-likeness (QED) is 0.158. The number of carbonyl (C=O) groups is 1. The van der Waals surface area contributed by atoms with E-state index in [9.17, 15) is 4.79 Å². The molecule has 0 spiro atoms. The lowest BCUT2D eigenvalue weighted by Crippen LogP contribution is -2.40. The number of benzene rings is 3. The summed E-state index contributed by atoms with van der Waals surface area (Å²) in [5.41, 5.74) is 4.47. The van der Waals surface area contributed by atoms with Crippen LogP contribution in [0.25, 0.3) is 22.0 Å². The number of nitrogens with zero attached hydrogens (tertiary/aromatic N) is 1. The topological polar surface area (TPSA) is 76.3 Å². The zero-order valence-electron chi connectivity index (χ0n) is 22.7. The number of aromatic nitrogens is 1. The number of hydrogen-bond acceptors (Lipinski definition) is 7. The fourth-order valence-corrected chi connectivity index (χ4v) is 5.21. The summed E-state index contributed by atoms with van der Waals surface area (Å²) >= 11 is 0. The van der Waals surface area contributed by atoms with Crippen LogP contribution >= 0.6 is 0 Å². The molecule has 1 aromatic heterocycles. The van der Waals surface area contributed by atoms with Crippen molar-refractivity contribution in [1.82, 2.24) is 0 Å². The van der Waals surface area contributed by atoms with E-state index in [1.807, 2.05) is 30.3 Å². The highest BCUT2D eigenvalue weighted by molar-refractivity contribution is 5.91. The molecule has 0 saturated carbocycles. The second-order valence-electron chi connectivity index (χ2n) is 9.74. The smallest absolute Gasteiger partial charge is 0.310 e. The van der Waals surface area contributed by atoms with Gasteiger partial charge in [-0.3, -0.25) is 4.79 Å². The van der Waals surface area contributed by atoms with Crippen LogP contribution in [-0.2, 0) is 28.9 Å². The van der Waals surface area contributed by atoms with Crippen molar-refractivity contribution in [2.24, 2.45) is 0 Å². The first-order chi connectivity index (χ1) is 19.6. The Labute approximate surface area is 233 Å². The summed E-state index contributed by atoms with van der Waals surface area (Å²) < 4.78 is 36.3. The van der Waals surface area contributed by atoms with Crippen molar-refractivity contribution in [2.75, 3.05) is 33.7 Å². The molecule has 0 aliphatic carbocycles. The normalized spacial score (nSPS) is 12.9. The van der Waals surface area contributed by atoms with E-state index in [0.717, 1.165) is 58.0 Å². The molecule has 0 bridgehead atoms. The zero-order chi connectivity index (χ0) is 27.5. The Morgan fingerprint density at radius 3 is 2.58 bits per heavy atom. The molecule has 8 nitrogen and oxygen atoms in total. The van der Waals surface area contributed by atoms with Crippen LogP contribution in [0.15, 0.2) is 60.8 Å². The number of aryl methyl sites for hydroxylation is 2. The predicted octanol–water partition coefficient (Wildman–Crippen LogP) is 5.04. The van der Waals surface area contributed by atoms with Crippen molar-refractivity contribution in [2.45, 2.75) is 32.7 Å². The van der Waals surface area contributed by atoms with Gasteiger partial charge in [0.2, 0.25) is 12.5 Å². The molecule has 206 valence electrons. The maximum Gasteiger partial charge on any atom is 0.310 e. The van der Waals surface area contributed by atoms with E-state index < -0.39 is 0 Å². The number of ether oxygens (including phenoxy) is 6. The molecule has 0 atom stereocenters. The van der Waals surface area contributed by atoms with Gasteiger partial charge in [-0.25, -0.2) is 0 Å². The molecule has 0 fully saturated rings. The van der Waals surface area contributed by atoms with Gasteiger partial charge in [0.05, 0.1) is 44.3 Å². The fraction of sp³-hybridized carbons (Fsp3) is 0.312. The van der Waals surface area contributed by atoms with Gasteiger partial charge in [-0.15, -0.1) is 0 Å². The Morgan fingerprint density at radius 1 is 0.975 bits per heavy atom. The Hall–Kier alpha value is -4.46. The van der Waals surface area contributed by atoms with Crippen LogP contribution in [0.2, 0.25) is 0 Å². The lowest BCUT2D eigenvalue weighted by molar-refractivity contribution is -0.686. The average molecular weight is 543 g/mol. The highest BCUT2D eigenvalue weighted by Gasteiger charge is 2.28. The summed E-state index contributed by atoms with van der Waals surface area (Å²) in [7, 11) is 1.66. The largest absolute Gasteiger partial charge is 0.493 e. The summed E-state index contributed by atoms with van der Waals surface area (Å²) in [6.45, 7) is 4.30. The second-order valence-corrected chi connectivity index (χ2v) is 9.74. The van der Waals surface area contributed by atoms with Crippen LogP contribution in [0.1, 0.15) is 24.5 Å². The minimum Gasteiger partial charge on any atom is -0.493 e. The summed E-state index contributed by atoms with van der Waals surface area (Å²) in [5.74, 6) is 3.57. The van der Waals surface area contributed by atoms with Crippen LogP contribution in [0.3, 0.4) is 0 Å². The number of rotatable bonds is 10. The van der Waals surface area contributed by atoms with Crippen LogP contribution in [-0.4, -0.2) is 39.7 Å². The number of hydrogen-bond donors (Lipinski definition) is 0. The van der Waals surface area contributed by atoms with Crippen molar-refractivity contribution in [3.8, 4) is 40.0 Å². The van der Waals surface area contributed by atoms with Crippen LogP contribution in [0.5, 0.6) is 28.7 Å². The third-order valence-electron chi connectivity index (χ3n) is 7.18. The highest BCUT2D eigenvalue weighted by Crippen LogP contribution is 2.41. The van der Waals surface area contributed by atoms with E-state index in [1.165, 1.54) is 11.1 Å². The Bertz CT molecular complexity index is 1550. The maximum absolute atomic E-state index is 11.7. The minimum absolute atomic E-state index is 0.228. The third kappa shape index (κ3) is 5.21. The molecular weight excluding hydrogens is 510 g/mol. The van der Waals surface area contributed by atoms with E-state index >= 15 is 0 Å². The molecule has 8 heteroatoms. The van der Waals surface area contributed by atoms with Gasteiger partial charge in [-0.1, -0.05) is 12.1 Å². The van der Waals surface area contributed by atoms with Gasteiger partial charge in [0.15, 0.2) is 35.7 Å². The monoisotopic (exact) mass is 542 g/mol. The predicted molar refractivity (Wildman–Crippen MR) is 148 cm³/mol. The summed E-state index contributed by atoms with van der Waals surface area (Å²) in [6, 6.07) is 17.9. The molecule has 6 rings (SSSR count). The molecule has 3 heterocycles. The standard InChI is InChI=1S/C32H32NO7/c1-3-36-31(34)15-21-5-8-24(9-6-21)37-13-4-14-38-32-26-19-33-12-11-23-17-29-30(40-20-39-29)18-25(23)27(33)16-22(26)7-10-28(32)35-2/h5-10,16-19H,3-4,11-15,20H2,1-2H3/q+1. The molecular formula is C32H32NO7+. The zero-order valence-corrected chi connectivity index (χ0v) is 22.7. The van der Waals surface area contributed by atoms with E-state index in [-0.39, 0.29) is 19.2 Å². The van der Waals surface area contributed by atoms with Gasteiger partial charge < -0.3 is 28.4 Å². The Balaban J connectivity index is 1.13. The van der Waals surface area contributed by atoms with Gasteiger partial charge in [-0.05, 0) is 59.8 Å². The summed E-state index contributed by atoms with van der Waals surface area (Å²) in [4.78, 5) is 11.7. The minimum atomic E-state index is -0.228. The lowest BCUT2D eigenvalue weighted by atomic mass is 9.95. The second kappa shape index (κ2) is 11.3.